The number of rotatable bonds is 9. The van der Waals surface area contributed by atoms with Crippen LogP contribution in [0.15, 0.2) is 23.1 Å². The normalized spacial score (nSPS) is 10.8. The molecule has 0 heterocycles. The summed E-state index contributed by atoms with van der Waals surface area (Å²) < 4.78 is 0. The fourth-order valence-corrected chi connectivity index (χ4v) is 2.90. The molecule has 0 aliphatic rings. The van der Waals surface area contributed by atoms with Crippen LogP contribution in [0.25, 0.3) is 0 Å². The fourth-order valence-electron chi connectivity index (χ4n) is 2.08. The second-order valence-electron chi connectivity index (χ2n) is 5.23. The van der Waals surface area contributed by atoms with E-state index in [4.69, 9.17) is 0 Å². The van der Waals surface area contributed by atoms with Gasteiger partial charge in [-0.25, -0.2) is 4.79 Å². The summed E-state index contributed by atoms with van der Waals surface area (Å²) in [5, 5.41) is 12.7. The van der Waals surface area contributed by atoms with Gasteiger partial charge in [-0.05, 0) is 30.2 Å². The molecule has 0 saturated carbocycles. The second-order valence-corrected chi connectivity index (χ2v) is 6.54. The molecule has 0 aliphatic heterocycles. The molecule has 0 fully saturated rings. The first-order chi connectivity index (χ1) is 9.56. The zero-order valence-corrected chi connectivity index (χ0v) is 13.4. The van der Waals surface area contributed by atoms with Gasteiger partial charge in [-0.2, -0.15) is 0 Å². The molecule has 4 heteroatoms. The molecule has 1 rings (SSSR count). The summed E-state index contributed by atoms with van der Waals surface area (Å²) >= 11 is 1.57. The fraction of sp³-hybridized carbons (Fsp3) is 0.562. The third kappa shape index (κ3) is 5.45. The van der Waals surface area contributed by atoms with Gasteiger partial charge in [0, 0.05) is 17.1 Å². The quantitative estimate of drug-likeness (QED) is 0.510. The number of unbranched alkanes of at least 4 members (excludes halogenated alkanes) is 1. The molecule has 0 bridgehead atoms. The van der Waals surface area contributed by atoms with E-state index in [0.29, 0.717) is 5.56 Å². The summed E-state index contributed by atoms with van der Waals surface area (Å²) in [5.74, 6) is 0.748. The van der Waals surface area contributed by atoms with Gasteiger partial charge in [0.15, 0.2) is 0 Å². The standard InChI is InChI=1S/C16H25NO2S/c1-4-20-14-10-7-9-13(15(14)16(18)19)17-11-6-5-8-12(2)3/h7,9-10,12,17H,4-6,8,11H2,1-3H3,(H,18,19). The summed E-state index contributed by atoms with van der Waals surface area (Å²) in [6, 6.07) is 5.65. The first kappa shape index (κ1) is 16.9. The van der Waals surface area contributed by atoms with Crippen molar-refractivity contribution in [3.63, 3.8) is 0 Å². The van der Waals surface area contributed by atoms with Crippen LogP contribution in [0.4, 0.5) is 5.69 Å². The summed E-state index contributed by atoms with van der Waals surface area (Å²) in [4.78, 5) is 12.3. The molecule has 0 spiro atoms. The minimum Gasteiger partial charge on any atom is -0.478 e. The number of hydrogen-bond donors (Lipinski definition) is 2. The summed E-state index contributed by atoms with van der Waals surface area (Å²) in [6.07, 6.45) is 3.47. The van der Waals surface area contributed by atoms with Crippen LogP contribution < -0.4 is 5.32 Å². The average molecular weight is 295 g/mol. The van der Waals surface area contributed by atoms with E-state index < -0.39 is 5.97 Å². The van der Waals surface area contributed by atoms with Crippen LogP contribution in [0, 0.1) is 5.92 Å². The van der Waals surface area contributed by atoms with E-state index in [9.17, 15) is 9.90 Å². The van der Waals surface area contributed by atoms with Crippen molar-refractivity contribution in [2.24, 2.45) is 5.92 Å². The number of thioether (sulfide) groups is 1. The number of anilines is 1. The Labute approximate surface area is 126 Å². The maximum absolute atomic E-state index is 11.4. The Hall–Kier alpha value is -1.16. The molecule has 2 N–H and O–H groups in total. The molecule has 0 unspecified atom stereocenters. The maximum Gasteiger partial charge on any atom is 0.338 e. The van der Waals surface area contributed by atoms with E-state index >= 15 is 0 Å². The average Bonchev–Trinajstić information content (AvgIpc) is 2.38. The van der Waals surface area contributed by atoms with E-state index in [-0.39, 0.29) is 0 Å². The van der Waals surface area contributed by atoms with Gasteiger partial charge in [0.2, 0.25) is 0 Å². The summed E-state index contributed by atoms with van der Waals surface area (Å²) in [6.45, 7) is 7.30. The first-order valence-corrected chi connectivity index (χ1v) is 8.27. The molecule has 112 valence electrons. The Balaban J connectivity index is 2.64. The minimum atomic E-state index is -0.855. The Bertz CT molecular complexity index is 432. The molecule has 0 aromatic heterocycles. The minimum absolute atomic E-state index is 0.406. The van der Waals surface area contributed by atoms with Crippen molar-refractivity contribution in [2.45, 2.75) is 44.9 Å². The number of nitrogens with one attached hydrogen (secondary N) is 1. The van der Waals surface area contributed by atoms with Crippen LogP contribution in [0.3, 0.4) is 0 Å². The highest BCUT2D eigenvalue weighted by Crippen LogP contribution is 2.28. The molecular formula is C16H25NO2S. The number of aromatic carboxylic acids is 1. The lowest BCUT2D eigenvalue weighted by Crippen LogP contribution is -2.09. The van der Waals surface area contributed by atoms with Crippen molar-refractivity contribution >= 4 is 23.4 Å². The molecule has 0 saturated heterocycles. The van der Waals surface area contributed by atoms with E-state index in [1.807, 2.05) is 25.1 Å². The Kier molecular flexibility index (Phi) is 7.52. The van der Waals surface area contributed by atoms with Gasteiger partial charge in [-0.1, -0.05) is 39.7 Å². The van der Waals surface area contributed by atoms with Gasteiger partial charge in [0.05, 0.1) is 5.56 Å². The van der Waals surface area contributed by atoms with Crippen LogP contribution in [0.1, 0.15) is 50.4 Å². The van der Waals surface area contributed by atoms with Crippen LogP contribution in [0.5, 0.6) is 0 Å². The Morgan fingerprint density at radius 2 is 2.10 bits per heavy atom. The van der Waals surface area contributed by atoms with Crippen molar-refractivity contribution in [1.82, 2.24) is 0 Å². The lowest BCUT2D eigenvalue weighted by Gasteiger charge is -2.13. The highest BCUT2D eigenvalue weighted by Gasteiger charge is 2.15. The molecule has 0 radical (unpaired) electrons. The second kappa shape index (κ2) is 8.90. The third-order valence-corrected chi connectivity index (χ3v) is 4.00. The molecular weight excluding hydrogens is 270 g/mol. The van der Waals surface area contributed by atoms with Crippen LogP contribution in [-0.4, -0.2) is 23.4 Å². The van der Waals surface area contributed by atoms with Gasteiger partial charge in [-0.3, -0.25) is 0 Å². The molecule has 20 heavy (non-hydrogen) atoms. The van der Waals surface area contributed by atoms with Gasteiger partial charge in [0.1, 0.15) is 0 Å². The monoisotopic (exact) mass is 295 g/mol. The summed E-state index contributed by atoms with van der Waals surface area (Å²) in [5.41, 5.74) is 1.14. The van der Waals surface area contributed by atoms with Crippen molar-refractivity contribution < 1.29 is 9.90 Å². The number of carboxylic acids is 1. The molecule has 1 aromatic rings. The Morgan fingerprint density at radius 1 is 1.35 bits per heavy atom. The number of hydrogen-bond acceptors (Lipinski definition) is 3. The molecule has 0 aliphatic carbocycles. The van der Waals surface area contributed by atoms with E-state index in [1.165, 1.54) is 12.8 Å². The maximum atomic E-state index is 11.4. The van der Waals surface area contributed by atoms with E-state index in [0.717, 1.165) is 35.2 Å². The zero-order chi connectivity index (χ0) is 15.0. The largest absolute Gasteiger partial charge is 0.478 e. The van der Waals surface area contributed by atoms with Crippen molar-refractivity contribution in [3.8, 4) is 0 Å². The van der Waals surface area contributed by atoms with E-state index in [1.54, 1.807) is 11.8 Å². The van der Waals surface area contributed by atoms with Gasteiger partial charge in [-0.15, -0.1) is 11.8 Å². The topological polar surface area (TPSA) is 49.3 Å². The number of benzene rings is 1. The Morgan fingerprint density at radius 3 is 2.70 bits per heavy atom. The number of carboxylic acid groups (broad SMARTS) is 1. The summed E-state index contributed by atoms with van der Waals surface area (Å²) in [7, 11) is 0. The zero-order valence-electron chi connectivity index (χ0n) is 12.6. The third-order valence-electron chi connectivity index (χ3n) is 3.06. The van der Waals surface area contributed by atoms with Crippen molar-refractivity contribution in [1.29, 1.82) is 0 Å². The number of carbonyl (C=O) groups is 1. The van der Waals surface area contributed by atoms with Crippen LogP contribution in [-0.2, 0) is 0 Å². The lowest BCUT2D eigenvalue weighted by atomic mass is 10.1. The van der Waals surface area contributed by atoms with Crippen molar-refractivity contribution in [3.05, 3.63) is 23.8 Å². The predicted octanol–water partition coefficient (Wildman–Crippen LogP) is 4.74. The smallest absolute Gasteiger partial charge is 0.338 e. The first-order valence-electron chi connectivity index (χ1n) is 7.29. The van der Waals surface area contributed by atoms with Crippen LogP contribution >= 0.6 is 11.8 Å². The van der Waals surface area contributed by atoms with Gasteiger partial charge >= 0.3 is 5.97 Å². The molecule has 0 amide bonds. The van der Waals surface area contributed by atoms with Gasteiger partial charge in [0.25, 0.3) is 0 Å². The van der Waals surface area contributed by atoms with Gasteiger partial charge < -0.3 is 10.4 Å². The lowest BCUT2D eigenvalue weighted by molar-refractivity contribution is 0.0694. The predicted molar refractivity (Wildman–Crippen MR) is 87.0 cm³/mol. The molecule has 3 nitrogen and oxygen atoms in total. The molecule has 0 atom stereocenters. The van der Waals surface area contributed by atoms with Crippen LogP contribution in [0.2, 0.25) is 0 Å². The highest BCUT2D eigenvalue weighted by molar-refractivity contribution is 7.99. The SMILES string of the molecule is CCSc1cccc(NCCCCC(C)C)c1C(=O)O. The van der Waals surface area contributed by atoms with Crippen molar-refractivity contribution in [2.75, 3.05) is 17.6 Å². The highest BCUT2D eigenvalue weighted by atomic mass is 32.2. The van der Waals surface area contributed by atoms with E-state index in [2.05, 4.69) is 19.2 Å². The molecule has 1 aromatic carbocycles.